The number of hydrogen-bond acceptors (Lipinski definition) is 4. The Morgan fingerprint density at radius 3 is 2.95 bits per heavy atom. The summed E-state index contributed by atoms with van der Waals surface area (Å²) in [5, 5.41) is 4.46. The van der Waals surface area contributed by atoms with Crippen molar-refractivity contribution in [2.75, 3.05) is 24.5 Å². The maximum Gasteiger partial charge on any atom is 0.341 e. The molecule has 4 nitrogen and oxygen atoms in total. The highest BCUT2D eigenvalue weighted by Gasteiger charge is 2.24. The molecule has 0 bridgehead atoms. The molecule has 1 fully saturated rings. The zero-order valence-corrected chi connectivity index (χ0v) is 12.7. The molecule has 112 valence electrons. The molecule has 1 aromatic heterocycles. The van der Waals surface area contributed by atoms with Crippen LogP contribution in [0.25, 0.3) is 11.0 Å². The molecule has 1 aliphatic heterocycles. The van der Waals surface area contributed by atoms with Gasteiger partial charge in [0.15, 0.2) is 0 Å². The van der Waals surface area contributed by atoms with Gasteiger partial charge in [0.2, 0.25) is 0 Å². The summed E-state index contributed by atoms with van der Waals surface area (Å²) in [5.74, 6) is 0. The summed E-state index contributed by atoms with van der Waals surface area (Å²) in [6, 6.07) is 8.23. The Hall–Kier alpha value is -1.81. The maximum atomic E-state index is 12.4. The van der Waals surface area contributed by atoms with Crippen molar-refractivity contribution in [3.63, 3.8) is 0 Å². The fraction of sp³-hybridized carbons (Fsp3) is 0.471. The predicted molar refractivity (Wildman–Crippen MR) is 86.2 cm³/mol. The highest BCUT2D eigenvalue weighted by Crippen LogP contribution is 2.31. The van der Waals surface area contributed by atoms with Crippen LogP contribution in [-0.2, 0) is 6.42 Å². The monoisotopic (exact) mass is 286 g/mol. The number of anilines is 1. The minimum absolute atomic E-state index is 0.184. The molecule has 0 amide bonds. The smallest absolute Gasteiger partial charge is 0.341 e. The summed E-state index contributed by atoms with van der Waals surface area (Å²) < 4.78 is 5.51. The van der Waals surface area contributed by atoms with Gasteiger partial charge in [0.25, 0.3) is 0 Å². The molecule has 1 unspecified atom stereocenters. The van der Waals surface area contributed by atoms with Crippen molar-refractivity contribution in [3.05, 3.63) is 40.2 Å². The predicted octanol–water partition coefficient (Wildman–Crippen LogP) is 2.54. The van der Waals surface area contributed by atoms with E-state index in [1.165, 1.54) is 0 Å². The highest BCUT2D eigenvalue weighted by atomic mass is 16.4. The van der Waals surface area contributed by atoms with E-state index in [1.54, 1.807) is 0 Å². The highest BCUT2D eigenvalue weighted by molar-refractivity contribution is 5.92. The van der Waals surface area contributed by atoms with Crippen molar-refractivity contribution in [2.45, 2.75) is 32.7 Å². The molecule has 0 saturated carbocycles. The fourth-order valence-electron chi connectivity index (χ4n) is 3.14. The summed E-state index contributed by atoms with van der Waals surface area (Å²) in [7, 11) is 0. The molecule has 1 aliphatic rings. The Labute approximate surface area is 124 Å². The maximum absolute atomic E-state index is 12.4. The molecular formula is C17H22N2O2. The molecule has 1 atom stereocenters. The van der Waals surface area contributed by atoms with Crippen LogP contribution in [0.2, 0.25) is 0 Å². The fourth-order valence-corrected chi connectivity index (χ4v) is 3.14. The average molecular weight is 286 g/mol. The van der Waals surface area contributed by atoms with E-state index in [9.17, 15) is 4.79 Å². The van der Waals surface area contributed by atoms with Gasteiger partial charge in [-0.2, -0.15) is 0 Å². The van der Waals surface area contributed by atoms with E-state index >= 15 is 0 Å². The van der Waals surface area contributed by atoms with Crippen LogP contribution in [0.4, 0.5) is 5.69 Å². The second-order valence-corrected chi connectivity index (χ2v) is 5.71. The Balaban J connectivity index is 2.25. The topological polar surface area (TPSA) is 45.5 Å². The zero-order valence-electron chi connectivity index (χ0n) is 12.7. The molecule has 0 radical (unpaired) electrons. The van der Waals surface area contributed by atoms with Crippen molar-refractivity contribution in [1.29, 1.82) is 0 Å². The third kappa shape index (κ3) is 2.56. The van der Waals surface area contributed by atoms with Gasteiger partial charge in [-0.25, -0.2) is 4.79 Å². The minimum atomic E-state index is -0.184. The van der Waals surface area contributed by atoms with E-state index in [4.69, 9.17) is 4.42 Å². The van der Waals surface area contributed by atoms with Crippen LogP contribution in [0, 0.1) is 0 Å². The van der Waals surface area contributed by atoms with Gasteiger partial charge in [-0.3, -0.25) is 0 Å². The molecule has 2 aromatic rings. The molecule has 2 heterocycles. The van der Waals surface area contributed by atoms with Crippen molar-refractivity contribution in [3.8, 4) is 0 Å². The van der Waals surface area contributed by atoms with Crippen LogP contribution in [-0.4, -0.2) is 25.7 Å². The van der Waals surface area contributed by atoms with Crippen molar-refractivity contribution in [2.24, 2.45) is 0 Å². The number of hydrogen-bond donors (Lipinski definition) is 1. The second-order valence-electron chi connectivity index (χ2n) is 5.71. The van der Waals surface area contributed by atoms with Gasteiger partial charge in [0.05, 0.1) is 11.3 Å². The SMILES string of the molecule is CCCc1c(N2CCNCC2C)c2ccccc2oc1=O. The van der Waals surface area contributed by atoms with Gasteiger partial charge in [0, 0.05) is 31.1 Å². The van der Waals surface area contributed by atoms with Crippen LogP contribution in [0.5, 0.6) is 0 Å². The quantitative estimate of drug-likeness (QED) is 0.881. The molecule has 1 aromatic carbocycles. The third-order valence-electron chi connectivity index (χ3n) is 4.17. The summed E-state index contributed by atoms with van der Waals surface area (Å²) >= 11 is 0. The second kappa shape index (κ2) is 5.90. The zero-order chi connectivity index (χ0) is 14.8. The van der Waals surface area contributed by atoms with E-state index in [-0.39, 0.29) is 5.63 Å². The first-order valence-corrected chi connectivity index (χ1v) is 7.74. The van der Waals surface area contributed by atoms with Gasteiger partial charge < -0.3 is 14.6 Å². The Kier molecular flexibility index (Phi) is 3.97. The van der Waals surface area contributed by atoms with Gasteiger partial charge in [-0.15, -0.1) is 0 Å². The number of piperazine rings is 1. The van der Waals surface area contributed by atoms with Crippen LogP contribution in [0.15, 0.2) is 33.5 Å². The molecule has 1 saturated heterocycles. The molecule has 3 rings (SSSR count). The lowest BCUT2D eigenvalue weighted by atomic mass is 10.0. The van der Waals surface area contributed by atoms with Crippen LogP contribution >= 0.6 is 0 Å². The van der Waals surface area contributed by atoms with Crippen LogP contribution in [0.1, 0.15) is 25.8 Å². The summed E-state index contributed by atoms with van der Waals surface area (Å²) in [4.78, 5) is 14.7. The van der Waals surface area contributed by atoms with Crippen molar-refractivity contribution < 1.29 is 4.42 Å². The first-order valence-electron chi connectivity index (χ1n) is 7.74. The Bertz CT molecular complexity index is 693. The third-order valence-corrected chi connectivity index (χ3v) is 4.17. The number of para-hydroxylation sites is 1. The standard InChI is InChI=1S/C17H22N2O2/c1-3-6-14-16(19-10-9-18-11-12(19)2)13-7-4-5-8-15(13)21-17(14)20/h4-5,7-8,12,18H,3,6,9-11H2,1-2H3. The van der Waals surface area contributed by atoms with E-state index in [1.807, 2.05) is 18.2 Å². The van der Waals surface area contributed by atoms with Gasteiger partial charge in [-0.05, 0) is 25.5 Å². The van der Waals surface area contributed by atoms with Gasteiger partial charge >= 0.3 is 5.63 Å². The van der Waals surface area contributed by atoms with Crippen molar-refractivity contribution in [1.82, 2.24) is 5.32 Å². The number of nitrogens with one attached hydrogen (secondary N) is 1. The largest absolute Gasteiger partial charge is 0.422 e. The van der Waals surface area contributed by atoms with E-state index in [0.717, 1.165) is 49.1 Å². The molecule has 0 spiro atoms. The molecule has 4 heteroatoms. The summed E-state index contributed by atoms with van der Waals surface area (Å²) in [6.07, 6.45) is 1.70. The Morgan fingerprint density at radius 2 is 2.19 bits per heavy atom. The number of benzene rings is 1. The first-order chi connectivity index (χ1) is 10.2. The van der Waals surface area contributed by atoms with Crippen molar-refractivity contribution >= 4 is 16.7 Å². The van der Waals surface area contributed by atoms with E-state index < -0.39 is 0 Å². The van der Waals surface area contributed by atoms with Gasteiger partial charge in [-0.1, -0.05) is 25.5 Å². The van der Waals surface area contributed by atoms with Crippen LogP contribution < -0.4 is 15.8 Å². The van der Waals surface area contributed by atoms with E-state index in [2.05, 4.69) is 30.1 Å². The lowest BCUT2D eigenvalue weighted by Crippen LogP contribution is -2.50. The van der Waals surface area contributed by atoms with Gasteiger partial charge in [0.1, 0.15) is 5.58 Å². The lowest BCUT2D eigenvalue weighted by molar-refractivity contribution is 0.495. The average Bonchev–Trinajstić information content (AvgIpc) is 2.49. The summed E-state index contributed by atoms with van der Waals surface area (Å²) in [5.41, 5.74) is 2.40. The molecule has 0 aliphatic carbocycles. The van der Waals surface area contributed by atoms with Crippen LogP contribution in [0.3, 0.4) is 0 Å². The number of nitrogens with zero attached hydrogens (tertiary/aromatic N) is 1. The minimum Gasteiger partial charge on any atom is -0.422 e. The molecular weight excluding hydrogens is 264 g/mol. The molecule has 21 heavy (non-hydrogen) atoms. The normalized spacial score (nSPS) is 19.1. The number of fused-ring (bicyclic) bond motifs is 1. The Morgan fingerprint density at radius 1 is 1.38 bits per heavy atom. The number of rotatable bonds is 3. The summed E-state index contributed by atoms with van der Waals surface area (Å²) in [6.45, 7) is 7.11. The molecule has 1 N–H and O–H groups in total. The first kappa shape index (κ1) is 14.1. The lowest BCUT2D eigenvalue weighted by Gasteiger charge is -2.37. The van der Waals surface area contributed by atoms with E-state index in [0.29, 0.717) is 11.6 Å².